The van der Waals surface area contributed by atoms with Gasteiger partial charge in [0.1, 0.15) is 11.5 Å². The maximum Gasteiger partial charge on any atom is 0.142 e. The molecule has 158 valence electrons. The summed E-state index contributed by atoms with van der Waals surface area (Å²) in [5.41, 5.74) is 1.93. The normalized spacial score (nSPS) is 16.3. The highest BCUT2D eigenvalue weighted by molar-refractivity contribution is 5.88. The molecular formula is C23H29N5O2. The molecule has 2 aromatic heterocycles. The fourth-order valence-electron chi connectivity index (χ4n) is 4.21. The molecule has 0 saturated carbocycles. The molecule has 0 aliphatic carbocycles. The Morgan fingerprint density at radius 3 is 2.63 bits per heavy atom. The minimum atomic E-state index is -0.698. The number of Topliss-reactive ketones (excluding diaryl/α,β-unsaturated/α-hetero) is 1. The topological polar surface area (TPSA) is 84.1 Å². The van der Waals surface area contributed by atoms with Crippen LogP contribution in [0.4, 0.5) is 0 Å². The number of aliphatic hydroxyl groups is 1. The van der Waals surface area contributed by atoms with Crippen LogP contribution >= 0.6 is 0 Å². The molecule has 7 nitrogen and oxygen atoms in total. The van der Waals surface area contributed by atoms with Crippen LogP contribution in [0.2, 0.25) is 0 Å². The van der Waals surface area contributed by atoms with Gasteiger partial charge in [0, 0.05) is 48.8 Å². The molecule has 0 spiro atoms. The summed E-state index contributed by atoms with van der Waals surface area (Å²) in [5.74, 6) is 0.335. The van der Waals surface area contributed by atoms with E-state index in [1.807, 2.05) is 51.5 Å². The Balaban J connectivity index is 1.43. The first-order valence-electron chi connectivity index (χ1n) is 10.5. The number of carbonyl (C=O) groups excluding carboxylic acids is 1. The minimum Gasteiger partial charge on any atom is -0.389 e. The predicted molar refractivity (Wildman–Crippen MR) is 116 cm³/mol. The Hall–Kier alpha value is -2.64. The quantitative estimate of drug-likeness (QED) is 0.676. The molecule has 1 fully saturated rings. The van der Waals surface area contributed by atoms with Crippen molar-refractivity contribution in [3.05, 3.63) is 42.4 Å². The van der Waals surface area contributed by atoms with Gasteiger partial charge in [0.25, 0.3) is 0 Å². The first kappa shape index (κ1) is 20.6. The van der Waals surface area contributed by atoms with E-state index in [1.54, 1.807) is 4.68 Å². The zero-order valence-corrected chi connectivity index (χ0v) is 17.9. The number of hydrogen-bond donors (Lipinski definition) is 1. The highest BCUT2D eigenvalue weighted by Gasteiger charge is 2.27. The summed E-state index contributed by atoms with van der Waals surface area (Å²) in [6, 6.07) is 8.12. The molecule has 0 radical (unpaired) electrons. The molecule has 0 amide bonds. The zero-order valence-electron chi connectivity index (χ0n) is 17.9. The number of carbonyl (C=O) groups is 1. The van der Waals surface area contributed by atoms with E-state index in [0.29, 0.717) is 13.0 Å². The van der Waals surface area contributed by atoms with E-state index >= 15 is 0 Å². The lowest BCUT2D eigenvalue weighted by Crippen LogP contribution is -2.44. The van der Waals surface area contributed by atoms with Gasteiger partial charge >= 0.3 is 0 Å². The standard InChI is InChI=1S/C23H29N5O2/c1-23(2,30)15-28-8-6-16(7-9-28)22(29)12-20-11-19-10-17(4-5-18(19)13-24-20)21-14-27(3)26-25-21/h4-5,10-11,13-14,16,30H,6-9,12,15H2,1-3H3. The number of ketones is 1. The second kappa shape index (κ2) is 8.24. The van der Waals surface area contributed by atoms with Gasteiger partial charge in [-0.1, -0.05) is 17.3 Å². The van der Waals surface area contributed by atoms with Crippen molar-refractivity contribution in [2.45, 2.75) is 38.7 Å². The van der Waals surface area contributed by atoms with Gasteiger partial charge in [-0.3, -0.25) is 14.5 Å². The summed E-state index contributed by atoms with van der Waals surface area (Å²) in [4.78, 5) is 19.6. The summed E-state index contributed by atoms with van der Waals surface area (Å²) in [6.45, 7) is 6.01. The largest absolute Gasteiger partial charge is 0.389 e. The third-order valence-corrected chi connectivity index (χ3v) is 5.69. The number of β-amino-alcohol motifs (C(OH)–C–C–N with tert-alkyl or cyclic N) is 1. The van der Waals surface area contributed by atoms with Crippen LogP contribution in [0.25, 0.3) is 22.0 Å². The van der Waals surface area contributed by atoms with Crippen molar-refractivity contribution in [1.82, 2.24) is 24.9 Å². The van der Waals surface area contributed by atoms with Crippen LogP contribution in [-0.4, -0.2) is 61.0 Å². The Kier molecular flexibility index (Phi) is 5.66. The minimum absolute atomic E-state index is 0.0754. The Bertz CT molecular complexity index is 1050. The number of aromatic nitrogens is 4. The van der Waals surface area contributed by atoms with Crippen molar-refractivity contribution >= 4 is 16.6 Å². The highest BCUT2D eigenvalue weighted by Crippen LogP contribution is 2.25. The van der Waals surface area contributed by atoms with E-state index in [4.69, 9.17) is 0 Å². The molecule has 1 saturated heterocycles. The molecular weight excluding hydrogens is 378 g/mol. The van der Waals surface area contributed by atoms with Crippen molar-refractivity contribution in [3.8, 4) is 11.3 Å². The van der Waals surface area contributed by atoms with E-state index in [1.165, 1.54) is 0 Å². The van der Waals surface area contributed by atoms with Crippen LogP contribution in [0.1, 0.15) is 32.4 Å². The SMILES string of the molecule is Cn1cc(-c2ccc3cnc(CC(=O)C4CCN(CC(C)(C)O)CC4)cc3c2)nn1. The average molecular weight is 408 g/mol. The molecule has 1 aliphatic heterocycles. The lowest BCUT2D eigenvalue weighted by atomic mass is 9.89. The molecule has 3 aromatic rings. The molecule has 0 bridgehead atoms. The highest BCUT2D eigenvalue weighted by atomic mass is 16.3. The van der Waals surface area contributed by atoms with Crippen LogP contribution in [0.15, 0.2) is 36.7 Å². The number of likely N-dealkylation sites (tertiary alicyclic amines) is 1. The number of nitrogens with zero attached hydrogens (tertiary/aromatic N) is 5. The van der Waals surface area contributed by atoms with Gasteiger partial charge in [-0.25, -0.2) is 0 Å². The number of benzene rings is 1. The predicted octanol–water partition coefficient (Wildman–Crippen LogP) is 2.62. The van der Waals surface area contributed by atoms with Gasteiger partial charge in [0.2, 0.25) is 0 Å². The summed E-state index contributed by atoms with van der Waals surface area (Å²) in [5, 5.41) is 20.3. The first-order valence-corrected chi connectivity index (χ1v) is 10.5. The molecule has 1 N–H and O–H groups in total. The van der Waals surface area contributed by atoms with Crippen LogP contribution in [0, 0.1) is 5.92 Å². The van der Waals surface area contributed by atoms with Crippen molar-refractivity contribution in [3.63, 3.8) is 0 Å². The van der Waals surface area contributed by atoms with Crippen LogP contribution in [-0.2, 0) is 18.3 Å². The zero-order chi connectivity index (χ0) is 21.3. The molecule has 30 heavy (non-hydrogen) atoms. The van der Waals surface area contributed by atoms with E-state index in [2.05, 4.69) is 26.3 Å². The van der Waals surface area contributed by atoms with Crippen molar-refractivity contribution in [2.75, 3.05) is 19.6 Å². The summed E-state index contributed by atoms with van der Waals surface area (Å²) in [7, 11) is 1.85. The molecule has 3 heterocycles. The lowest BCUT2D eigenvalue weighted by molar-refractivity contribution is -0.123. The van der Waals surface area contributed by atoms with Crippen molar-refractivity contribution in [1.29, 1.82) is 0 Å². The number of rotatable bonds is 6. The van der Waals surface area contributed by atoms with E-state index < -0.39 is 5.60 Å². The van der Waals surface area contributed by atoms with Gasteiger partial charge < -0.3 is 10.0 Å². The smallest absolute Gasteiger partial charge is 0.142 e. The monoisotopic (exact) mass is 407 g/mol. The molecule has 7 heteroatoms. The molecule has 1 aromatic carbocycles. The molecule has 0 unspecified atom stereocenters. The van der Waals surface area contributed by atoms with Crippen LogP contribution in [0.3, 0.4) is 0 Å². The molecule has 0 atom stereocenters. The van der Waals surface area contributed by atoms with E-state index in [9.17, 15) is 9.90 Å². The number of fused-ring (bicyclic) bond motifs is 1. The third-order valence-electron chi connectivity index (χ3n) is 5.69. The van der Waals surface area contributed by atoms with Gasteiger partial charge in [-0.2, -0.15) is 0 Å². The fraction of sp³-hybridized carbons (Fsp3) is 0.478. The second-order valence-corrected chi connectivity index (χ2v) is 9.02. The summed E-state index contributed by atoms with van der Waals surface area (Å²) in [6.07, 6.45) is 5.78. The van der Waals surface area contributed by atoms with E-state index in [0.717, 1.165) is 53.7 Å². The van der Waals surface area contributed by atoms with E-state index in [-0.39, 0.29) is 11.7 Å². The number of pyridine rings is 1. The maximum absolute atomic E-state index is 12.9. The summed E-state index contributed by atoms with van der Waals surface area (Å²) >= 11 is 0. The fourth-order valence-corrected chi connectivity index (χ4v) is 4.21. The lowest BCUT2D eigenvalue weighted by Gasteiger charge is -2.34. The Morgan fingerprint density at radius 2 is 1.97 bits per heavy atom. The summed E-state index contributed by atoms with van der Waals surface area (Å²) < 4.78 is 1.68. The number of aryl methyl sites for hydroxylation is 1. The van der Waals surface area contributed by atoms with Crippen molar-refractivity contribution in [2.24, 2.45) is 13.0 Å². The average Bonchev–Trinajstić information content (AvgIpc) is 3.13. The maximum atomic E-state index is 12.9. The van der Waals surface area contributed by atoms with Crippen molar-refractivity contribution < 1.29 is 9.90 Å². The number of piperidine rings is 1. The van der Waals surface area contributed by atoms with Gasteiger partial charge in [0.05, 0.1) is 11.8 Å². The van der Waals surface area contributed by atoms with Crippen LogP contribution < -0.4 is 0 Å². The van der Waals surface area contributed by atoms with Gasteiger partial charge in [-0.05, 0) is 57.3 Å². The van der Waals surface area contributed by atoms with Gasteiger partial charge in [-0.15, -0.1) is 5.10 Å². The molecule has 4 rings (SSSR count). The third kappa shape index (κ3) is 4.91. The first-order chi connectivity index (χ1) is 14.3. The van der Waals surface area contributed by atoms with Crippen LogP contribution in [0.5, 0.6) is 0 Å². The molecule has 1 aliphatic rings. The Morgan fingerprint density at radius 1 is 1.20 bits per heavy atom. The Labute approximate surface area is 176 Å². The second-order valence-electron chi connectivity index (χ2n) is 9.02. The number of hydrogen-bond acceptors (Lipinski definition) is 6. The van der Waals surface area contributed by atoms with Gasteiger partial charge in [0.15, 0.2) is 0 Å².